The Morgan fingerprint density at radius 1 is 1.47 bits per heavy atom. The van der Waals surface area contributed by atoms with Crippen LogP contribution in [0.5, 0.6) is 0 Å². The van der Waals surface area contributed by atoms with Crippen molar-refractivity contribution in [3.05, 3.63) is 35.4 Å². The molecule has 0 radical (unpaired) electrons. The van der Waals surface area contributed by atoms with E-state index < -0.39 is 0 Å². The first-order chi connectivity index (χ1) is 8.26. The van der Waals surface area contributed by atoms with Crippen molar-refractivity contribution in [2.75, 3.05) is 6.61 Å². The molecule has 3 N–H and O–H groups in total. The molecule has 94 valence electrons. The number of aryl methyl sites for hydroxylation is 1. The summed E-state index contributed by atoms with van der Waals surface area (Å²) in [5.74, 6) is 6.39. The van der Waals surface area contributed by atoms with E-state index in [-0.39, 0.29) is 12.1 Å². The molecule has 3 heteroatoms. The predicted molar refractivity (Wildman–Crippen MR) is 69.4 cm³/mol. The van der Waals surface area contributed by atoms with Gasteiger partial charge in [-0.05, 0) is 38.2 Å². The first-order valence-electron chi connectivity index (χ1n) is 6.40. The van der Waals surface area contributed by atoms with Gasteiger partial charge in [-0.1, -0.05) is 29.8 Å². The Kier molecular flexibility index (Phi) is 4.15. The zero-order valence-electron chi connectivity index (χ0n) is 10.6. The molecule has 1 aromatic rings. The van der Waals surface area contributed by atoms with Gasteiger partial charge in [0.1, 0.15) is 0 Å². The molecular formula is C14H22N2O. The lowest BCUT2D eigenvalue weighted by Gasteiger charge is -2.27. The molecule has 0 spiro atoms. The molecule has 0 bridgehead atoms. The number of hydrazine groups is 1. The molecule has 0 heterocycles. The Balaban J connectivity index is 2.18. The summed E-state index contributed by atoms with van der Waals surface area (Å²) >= 11 is 0. The van der Waals surface area contributed by atoms with Crippen LogP contribution in [0.25, 0.3) is 0 Å². The van der Waals surface area contributed by atoms with Crippen LogP contribution in [0.3, 0.4) is 0 Å². The van der Waals surface area contributed by atoms with Gasteiger partial charge in [0.05, 0.1) is 12.1 Å². The van der Waals surface area contributed by atoms with Crippen LogP contribution in [-0.4, -0.2) is 12.7 Å². The number of hydrogen-bond donors (Lipinski definition) is 2. The second-order valence-corrected chi connectivity index (χ2v) is 4.82. The fourth-order valence-corrected chi connectivity index (χ4v) is 2.37. The fourth-order valence-electron chi connectivity index (χ4n) is 2.37. The molecule has 1 aliphatic rings. The third kappa shape index (κ3) is 3.06. The number of ether oxygens (including phenoxy) is 1. The molecule has 0 saturated heterocycles. The Morgan fingerprint density at radius 3 is 2.76 bits per heavy atom. The van der Waals surface area contributed by atoms with Crippen LogP contribution in [-0.2, 0) is 4.74 Å². The average molecular weight is 234 g/mol. The van der Waals surface area contributed by atoms with E-state index in [0.29, 0.717) is 5.92 Å². The van der Waals surface area contributed by atoms with Gasteiger partial charge in [0.25, 0.3) is 0 Å². The summed E-state index contributed by atoms with van der Waals surface area (Å²) in [5, 5.41) is 0. The predicted octanol–water partition coefficient (Wildman–Crippen LogP) is 2.31. The molecule has 0 amide bonds. The monoisotopic (exact) mass is 234 g/mol. The summed E-state index contributed by atoms with van der Waals surface area (Å²) in [6.45, 7) is 4.88. The quantitative estimate of drug-likeness (QED) is 0.586. The minimum atomic E-state index is 0.0994. The number of hydrogen-bond acceptors (Lipinski definition) is 3. The Morgan fingerprint density at radius 2 is 2.24 bits per heavy atom. The third-order valence-electron chi connectivity index (χ3n) is 3.36. The Hall–Kier alpha value is -0.900. The topological polar surface area (TPSA) is 47.3 Å². The van der Waals surface area contributed by atoms with E-state index in [1.54, 1.807) is 0 Å². The molecule has 2 unspecified atom stereocenters. The summed E-state index contributed by atoms with van der Waals surface area (Å²) in [5.41, 5.74) is 5.41. The van der Waals surface area contributed by atoms with Crippen molar-refractivity contribution in [3.8, 4) is 0 Å². The molecule has 1 fully saturated rings. The van der Waals surface area contributed by atoms with Crippen molar-refractivity contribution in [1.29, 1.82) is 0 Å². The van der Waals surface area contributed by atoms with E-state index in [1.165, 1.54) is 24.0 Å². The second-order valence-electron chi connectivity index (χ2n) is 4.82. The van der Waals surface area contributed by atoms with Crippen LogP contribution in [0, 0.1) is 12.8 Å². The Bertz CT molecular complexity index is 363. The van der Waals surface area contributed by atoms with Crippen LogP contribution in [0.2, 0.25) is 0 Å². The summed E-state index contributed by atoms with van der Waals surface area (Å²) < 4.78 is 5.87. The molecule has 1 aliphatic carbocycles. The maximum absolute atomic E-state index is 5.87. The molecule has 1 saturated carbocycles. The van der Waals surface area contributed by atoms with Crippen molar-refractivity contribution >= 4 is 0 Å². The van der Waals surface area contributed by atoms with E-state index in [1.807, 2.05) is 6.92 Å². The smallest absolute Gasteiger partial charge is 0.0810 e. The van der Waals surface area contributed by atoms with Gasteiger partial charge in [-0.25, -0.2) is 0 Å². The summed E-state index contributed by atoms with van der Waals surface area (Å²) in [6, 6.07) is 8.57. The van der Waals surface area contributed by atoms with Gasteiger partial charge < -0.3 is 4.74 Å². The van der Waals surface area contributed by atoms with Gasteiger partial charge in [0, 0.05) is 6.61 Å². The second kappa shape index (κ2) is 5.63. The molecule has 3 nitrogen and oxygen atoms in total. The van der Waals surface area contributed by atoms with Crippen molar-refractivity contribution in [1.82, 2.24) is 5.43 Å². The van der Waals surface area contributed by atoms with Crippen molar-refractivity contribution in [3.63, 3.8) is 0 Å². The maximum Gasteiger partial charge on any atom is 0.0810 e. The van der Waals surface area contributed by atoms with E-state index in [9.17, 15) is 0 Å². The highest BCUT2D eigenvalue weighted by molar-refractivity contribution is 5.26. The van der Waals surface area contributed by atoms with E-state index in [2.05, 4.69) is 36.6 Å². The number of rotatable bonds is 6. The number of benzene rings is 1. The third-order valence-corrected chi connectivity index (χ3v) is 3.36. The number of nitrogens with two attached hydrogens (primary N) is 1. The first-order valence-corrected chi connectivity index (χ1v) is 6.40. The highest BCUT2D eigenvalue weighted by Crippen LogP contribution is 2.39. The zero-order chi connectivity index (χ0) is 12.3. The summed E-state index contributed by atoms with van der Waals surface area (Å²) in [4.78, 5) is 0. The minimum Gasteiger partial charge on any atom is -0.376 e. The van der Waals surface area contributed by atoms with Gasteiger partial charge >= 0.3 is 0 Å². The highest BCUT2D eigenvalue weighted by atomic mass is 16.5. The molecular weight excluding hydrogens is 212 g/mol. The molecule has 0 aliphatic heterocycles. The van der Waals surface area contributed by atoms with Gasteiger partial charge in [0.15, 0.2) is 0 Å². The van der Waals surface area contributed by atoms with Crippen LogP contribution in [0.4, 0.5) is 0 Å². The molecule has 2 rings (SSSR count). The fraction of sp³-hybridized carbons (Fsp3) is 0.571. The van der Waals surface area contributed by atoms with E-state index in [4.69, 9.17) is 10.6 Å². The maximum atomic E-state index is 5.87. The summed E-state index contributed by atoms with van der Waals surface area (Å²) in [6.07, 6.45) is 2.72. The lowest BCUT2D eigenvalue weighted by molar-refractivity contribution is 0.0185. The molecule has 1 aromatic carbocycles. The van der Waals surface area contributed by atoms with Gasteiger partial charge in [-0.2, -0.15) is 0 Å². The highest BCUT2D eigenvalue weighted by Gasteiger charge is 2.37. The van der Waals surface area contributed by atoms with Gasteiger partial charge in [0.2, 0.25) is 0 Å². The van der Waals surface area contributed by atoms with Crippen LogP contribution in [0.1, 0.15) is 36.9 Å². The molecule has 0 aromatic heterocycles. The lowest BCUT2D eigenvalue weighted by Crippen LogP contribution is -2.39. The van der Waals surface area contributed by atoms with Crippen molar-refractivity contribution in [2.24, 2.45) is 11.8 Å². The van der Waals surface area contributed by atoms with E-state index >= 15 is 0 Å². The summed E-state index contributed by atoms with van der Waals surface area (Å²) in [7, 11) is 0. The molecule has 17 heavy (non-hydrogen) atoms. The molecule has 2 atom stereocenters. The lowest BCUT2D eigenvalue weighted by atomic mass is 9.97. The average Bonchev–Trinajstić information content (AvgIpc) is 3.13. The normalized spacial score (nSPS) is 19.0. The number of nitrogens with one attached hydrogen (secondary N) is 1. The minimum absolute atomic E-state index is 0.0994. The van der Waals surface area contributed by atoms with E-state index in [0.717, 1.165) is 6.61 Å². The standard InChI is InChI=1S/C14H22N2O/c1-3-17-14(11-7-8-11)13(16-15)12-6-4-5-10(2)9-12/h4-6,9,11,13-14,16H,3,7-8,15H2,1-2H3. The Labute approximate surface area is 103 Å². The van der Waals surface area contributed by atoms with Crippen LogP contribution in [0.15, 0.2) is 24.3 Å². The zero-order valence-corrected chi connectivity index (χ0v) is 10.6. The largest absolute Gasteiger partial charge is 0.376 e. The van der Waals surface area contributed by atoms with Crippen molar-refractivity contribution < 1.29 is 4.74 Å². The first kappa shape index (κ1) is 12.6. The van der Waals surface area contributed by atoms with Crippen molar-refractivity contribution in [2.45, 2.75) is 38.8 Å². The van der Waals surface area contributed by atoms with Gasteiger partial charge in [-0.15, -0.1) is 0 Å². The van der Waals surface area contributed by atoms with Gasteiger partial charge in [-0.3, -0.25) is 11.3 Å². The van der Waals surface area contributed by atoms with Crippen LogP contribution >= 0.6 is 0 Å². The SMILES string of the molecule is CCOC(C1CC1)C(NN)c1cccc(C)c1. The van der Waals surface area contributed by atoms with Crippen LogP contribution < -0.4 is 11.3 Å².